The van der Waals surface area contributed by atoms with Gasteiger partial charge in [-0.1, -0.05) is 25.0 Å². The van der Waals surface area contributed by atoms with Gasteiger partial charge in [0.25, 0.3) is 0 Å². The highest BCUT2D eigenvalue weighted by molar-refractivity contribution is 5.75. The van der Waals surface area contributed by atoms with Crippen LogP contribution in [0.1, 0.15) is 38.4 Å². The first-order valence-corrected chi connectivity index (χ1v) is 7.95. The van der Waals surface area contributed by atoms with E-state index in [1.165, 1.54) is 37.0 Å². The van der Waals surface area contributed by atoms with Crippen molar-refractivity contribution in [1.82, 2.24) is 14.9 Å². The van der Waals surface area contributed by atoms with Crippen LogP contribution in [0.15, 0.2) is 24.3 Å². The summed E-state index contributed by atoms with van der Waals surface area (Å²) >= 11 is 0. The number of para-hydroxylation sites is 2. The van der Waals surface area contributed by atoms with Gasteiger partial charge in [0.2, 0.25) is 0 Å². The fourth-order valence-corrected chi connectivity index (χ4v) is 3.70. The third-order valence-electron chi connectivity index (χ3n) is 4.77. The van der Waals surface area contributed by atoms with E-state index in [9.17, 15) is 0 Å². The quantitative estimate of drug-likeness (QED) is 0.924. The lowest BCUT2D eigenvalue weighted by molar-refractivity contribution is 0.268. The lowest BCUT2D eigenvalue weighted by Crippen LogP contribution is -2.37. The average molecular weight is 271 g/mol. The van der Waals surface area contributed by atoms with Gasteiger partial charge in [-0.05, 0) is 44.9 Å². The first kappa shape index (κ1) is 13.6. The molecule has 3 heteroatoms. The molecule has 0 spiro atoms. The van der Waals surface area contributed by atoms with E-state index >= 15 is 0 Å². The van der Waals surface area contributed by atoms with Crippen molar-refractivity contribution in [2.75, 3.05) is 7.05 Å². The predicted molar refractivity (Wildman–Crippen MR) is 83.9 cm³/mol. The lowest BCUT2D eigenvalue weighted by Gasteiger charge is -2.31. The normalized spacial score (nSPS) is 23.3. The molecule has 3 nitrogen and oxygen atoms in total. The van der Waals surface area contributed by atoms with Gasteiger partial charge in [0, 0.05) is 19.0 Å². The van der Waals surface area contributed by atoms with Gasteiger partial charge in [-0.2, -0.15) is 0 Å². The Kier molecular flexibility index (Phi) is 4.06. The number of aromatic nitrogens is 2. The molecule has 2 aromatic rings. The van der Waals surface area contributed by atoms with Gasteiger partial charge >= 0.3 is 0 Å². The van der Waals surface area contributed by atoms with E-state index in [0.29, 0.717) is 6.04 Å². The molecule has 0 amide bonds. The average Bonchev–Trinajstić information content (AvgIpc) is 2.85. The number of imidazole rings is 1. The Hall–Kier alpha value is -1.35. The fourth-order valence-electron chi connectivity index (χ4n) is 3.70. The van der Waals surface area contributed by atoms with Crippen LogP contribution in [0.5, 0.6) is 0 Å². The van der Waals surface area contributed by atoms with E-state index in [1.54, 1.807) is 0 Å². The Bertz CT molecular complexity index is 573. The van der Waals surface area contributed by atoms with E-state index < -0.39 is 0 Å². The number of hydrogen-bond donors (Lipinski definition) is 1. The summed E-state index contributed by atoms with van der Waals surface area (Å²) in [5.74, 6) is 2.00. The first-order valence-electron chi connectivity index (χ1n) is 7.95. The molecule has 1 aliphatic rings. The van der Waals surface area contributed by atoms with E-state index in [0.717, 1.165) is 24.4 Å². The molecular weight excluding hydrogens is 246 g/mol. The highest BCUT2D eigenvalue weighted by Gasteiger charge is 2.25. The Morgan fingerprint density at radius 1 is 1.25 bits per heavy atom. The Morgan fingerprint density at radius 2 is 2.05 bits per heavy atom. The second kappa shape index (κ2) is 5.96. The SMILES string of the molecule is CCn1c(CC2CCCCC2NC)nc2ccccc21. The maximum Gasteiger partial charge on any atom is 0.110 e. The number of nitrogens with zero attached hydrogens (tertiary/aromatic N) is 2. The number of hydrogen-bond acceptors (Lipinski definition) is 2. The summed E-state index contributed by atoms with van der Waals surface area (Å²) in [7, 11) is 2.10. The molecule has 108 valence electrons. The molecule has 1 aromatic carbocycles. The number of rotatable bonds is 4. The highest BCUT2D eigenvalue weighted by Crippen LogP contribution is 2.28. The van der Waals surface area contributed by atoms with Gasteiger partial charge < -0.3 is 9.88 Å². The van der Waals surface area contributed by atoms with Crippen molar-refractivity contribution < 1.29 is 0 Å². The van der Waals surface area contributed by atoms with Crippen LogP contribution >= 0.6 is 0 Å². The van der Waals surface area contributed by atoms with Crippen molar-refractivity contribution in [3.63, 3.8) is 0 Å². The molecule has 1 aromatic heterocycles. The van der Waals surface area contributed by atoms with Crippen molar-refractivity contribution in [3.8, 4) is 0 Å². The number of aryl methyl sites for hydroxylation is 1. The largest absolute Gasteiger partial charge is 0.328 e. The molecular formula is C17H25N3. The summed E-state index contributed by atoms with van der Waals surface area (Å²) in [6, 6.07) is 9.16. The Labute approximate surface area is 121 Å². The van der Waals surface area contributed by atoms with Crippen LogP contribution in [-0.2, 0) is 13.0 Å². The summed E-state index contributed by atoms with van der Waals surface area (Å²) in [5.41, 5.74) is 2.42. The first-order chi connectivity index (χ1) is 9.83. The fraction of sp³-hybridized carbons (Fsp3) is 0.588. The monoisotopic (exact) mass is 271 g/mol. The van der Waals surface area contributed by atoms with Gasteiger partial charge in [-0.15, -0.1) is 0 Å². The Morgan fingerprint density at radius 3 is 2.85 bits per heavy atom. The summed E-state index contributed by atoms with van der Waals surface area (Å²) < 4.78 is 2.39. The van der Waals surface area contributed by atoms with Crippen LogP contribution in [0.2, 0.25) is 0 Å². The molecule has 2 unspecified atom stereocenters. The Balaban J connectivity index is 1.89. The molecule has 0 bridgehead atoms. The third kappa shape index (κ3) is 2.47. The molecule has 3 rings (SSSR count). The summed E-state index contributed by atoms with van der Waals surface area (Å²) in [4.78, 5) is 4.88. The molecule has 0 aliphatic heterocycles. The van der Waals surface area contributed by atoms with Crippen molar-refractivity contribution in [1.29, 1.82) is 0 Å². The van der Waals surface area contributed by atoms with Crippen molar-refractivity contribution in [2.24, 2.45) is 5.92 Å². The van der Waals surface area contributed by atoms with Crippen LogP contribution in [0, 0.1) is 5.92 Å². The molecule has 1 heterocycles. The second-order valence-corrected chi connectivity index (χ2v) is 5.90. The zero-order valence-electron chi connectivity index (χ0n) is 12.6. The second-order valence-electron chi connectivity index (χ2n) is 5.90. The molecule has 1 saturated carbocycles. The van der Waals surface area contributed by atoms with E-state index in [-0.39, 0.29) is 0 Å². The maximum absolute atomic E-state index is 4.88. The highest BCUT2D eigenvalue weighted by atomic mass is 15.1. The topological polar surface area (TPSA) is 29.9 Å². The molecule has 2 atom stereocenters. The van der Waals surface area contributed by atoms with Gasteiger partial charge in [0.1, 0.15) is 5.82 Å². The standard InChI is InChI=1S/C17H25N3/c1-3-20-16-11-7-6-10-15(16)19-17(20)12-13-8-4-5-9-14(13)18-2/h6-7,10-11,13-14,18H,3-5,8-9,12H2,1-2H3. The van der Waals surface area contributed by atoms with Crippen molar-refractivity contribution >= 4 is 11.0 Å². The van der Waals surface area contributed by atoms with Crippen LogP contribution < -0.4 is 5.32 Å². The van der Waals surface area contributed by atoms with E-state index in [4.69, 9.17) is 4.98 Å². The summed E-state index contributed by atoms with van der Waals surface area (Å²) in [5, 5.41) is 3.51. The number of benzene rings is 1. The predicted octanol–water partition coefficient (Wildman–Crippen LogP) is 3.38. The van der Waals surface area contributed by atoms with Gasteiger partial charge in [0.05, 0.1) is 11.0 Å². The van der Waals surface area contributed by atoms with Crippen molar-refractivity contribution in [3.05, 3.63) is 30.1 Å². The summed E-state index contributed by atoms with van der Waals surface area (Å²) in [6.07, 6.45) is 6.49. The summed E-state index contributed by atoms with van der Waals surface area (Å²) in [6.45, 7) is 3.22. The van der Waals surface area contributed by atoms with Gasteiger partial charge in [0.15, 0.2) is 0 Å². The van der Waals surface area contributed by atoms with Crippen LogP contribution in [0.3, 0.4) is 0 Å². The minimum Gasteiger partial charge on any atom is -0.328 e. The zero-order chi connectivity index (χ0) is 13.9. The molecule has 0 radical (unpaired) electrons. The minimum atomic E-state index is 0.661. The van der Waals surface area contributed by atoms with Crippen LogP contribution in [0.25, 0.3) is 11.0 Å². The molecule has 1 fully saturated rings. The number of nitrogens with one attached hydrogen (secondary N) is 1. The smallest absolute Gasteiger partial charge is 0.110 e. The lowest BCUT2D eigenvalue weighted by atomic mass is 9.82. The van der Waals surface area contributed by atoms with E-state index in [1.807, 2.05) is 0 Å². The zero-order valence-corrected chi connectivity index (χ0v) is 12.6. The maximum atomic E-state index is 4.88. The van der Waals surface area contributed by atoms with Crippen LogP contribution in [0.4, 0.5) is 0 Å². The molecule has 1 aliphatic carbocycles. The third-order valence-corrected chi connectivity index (χ3v) is 4.77. The number of fused-ring (bicyclic) bond motifs is 1. The van der Waals surface area contributed by atoms with Gasteiger partial charge in [-0.25, -0.2) is 4.98 Å². The van der Waals surface area contributed by atoms with Crippen LogP contribution in [-0.4, -0.2) is 22.6 Å². The van der Waals surface area contributed by atoms with Crippen molar-refractivity contribution in [2.45, 2.75) is 51.6 Å². The molecule has 0 saturated heterocycles. The van der Waals surface area contributed by atoms with Gasteiger partial charge in [-0.3, -0.25) is 0 Å². The van der Waals surface area contributed by atoms with E-state index in [2.05, 4.69) is 48.1 Å². The minimum absolute atomic E-state index is 0.661. The molecule has 20 heavy (non-hydrogen) atoms. The molecule has 1 N–H and O–H groups in total.